The average molecular weight is 253 g/mol. The molecule has 0 saturated heterocycles. The van der Waals surface area contributed by atoms with E-state index in [0.29, 0.717) is 18.5 Å². The van der Waals surface area contributed by atoms with Gasteiger partial charge in [-0.05, 0) is 18.1 Å². The first-order valence-corrected chi connectivity index (χ1v) is 5.53. The Morgan fingerprint density at radius 3 is 2.89 bits per heavy atom. The van der Waals surface area contributed by atoms with Gasteiger partial charge in [0.2, 0.25) is 5.91 Å². The van der Waals surface area contributed by atoms with Crippen molar-refractivity contribution in [1.29, 1.82) is 0 Å². The first-order valence-electron chi connectivity index (χ1n) is 5.53. The number of nitrogens with one attached hydrogen (secondary N) is 2. The first kappa shape index (κ1) is 12.3. The lowest BCUT2D eigenvalue weighted by molar-refractivity contribution is -0.383. The highest BCUT2D eigenvalue weighted by atomic mass is 19.1. The van der Waals surface area contributed by atoms with Crippen molar-refractivity contribution in [1.82, 2.24) is 0 Å². The fourth-order valence-electron chi connectivity index (χ4n) is 1.89. The van der Waals surface area contributed by atoms with Crippen LogP contribution < -0.4 is 10.6 Å². The third-order valence-corrected chi connectivity index (χ3v) is 2.72. The fraction of sp³-hybridized carbons (Fsp3) is 0.364. The topological polar surface area (TPSA) is 84.3 Å². The van der Waals surface area contributed by atoms with Crippen LogP contribution in [0.5, 0.6) is 0 Å². The number of halogens is 1. The van der Waals surface area contributed by atoms with Crippen molar-refractivity contribution in [2.24, 2.45) is 0 Å². The summed E-state index contributed by atoms with van der Waals surface area (Å²) in [5.74, 6) is -0.152. The second kappa shape index (κ2) is 4.99. The zero-order valence-corrected chi connectivity index (χ0v) is 9.53. The molecule has 0 aromatic heterocycles. The summed E-state index contributed by atoms with van der Waals surface area (Å²) in [7, 11) is 0. The second-order valence-electron chi connectivity index (χ2n) is 3.95. The number of amides is 1. The maximum atomic E-state index is 12.1. The Labute approximate surface area is 102 Å². The number of hydrogen-bond donors (Lipinski definition) is 2. The van der Waals surface area contributed by atoms with Crippen molar-refractivity contribution < 1.29 is 14.1 Å². The second-order valence-corrected chi connectivity index (χ2v) is 3.95. The van der Waals surface area contributed by atoms with Gasteiger partial charge in [-0.3, -0.25) is 14.9 Å². The van der Waals surface area contributed by atoms with Crippen molar-refractivity contribution in [3.63, 3.8) is 0 Å². The van der Waals surface area contributed by atoms with Crippen molar-refractivity contribution in [3.05, 3.63) is 27.8 Å². The Kier molecular flexibility index (Phi) is 3.40. The molecule has 18 heavy (non-hydrogen) atoms. The molecule has 2 rings (SSSR count). The summed E-state index contributed by atoms with van der Waals surface area (Å²) in [5, 5.41) is 16.2. The lowest BCUT2D eigenvalue weighted by atomic mass is 10.0. The van der Waals surface area contributed by atoms with Gasteiger partial charge in [-0.2, -0.15) is 0 Å². The molecule has 0 radical (unpaired) electrons. The number of hydrogen-bond acceptors (Lipinski definition) is 4. The van der Waals surface area contributed by atoms with E-state index in [1.807, 2.05) is 0 Å². The molecule has 7 heteroatoms. The summed E-state index contributed by atoms with van der Waals surface area (Å²) >= 11 is 0. The number of nitro benzene ring substituents is 1. The van der Waals surface area contributed by atoms with Crippen LogP contribution in [0.25, 0.3) is 0 Å². The third-order valence-electron chi connectivity index (χ3n) is 2.72. The first-order chi connectivity index (χ1) is 8.61. The highest BCUT2D eigenvalue weighted by Gasteiger charge is 2.22. The van der Waals surface area contributed by atoms with Gasteiger partial charge < -0.3 is 10.6 Å². The van der Waals surface area contributed by atoms with Gasteiger partial charge in [0.1, 0.15) is 12.4 Å². The number of nitro groups is 1. The summed E-state index contributed by atoms with van der Waals surface area (Å²) in [6.45, 7) is -0.586. The molecule has 0 saturated carbocycles. The van der Waals surface area contributed by atoms with E-state index >= 15 is 0 Å². The lowest BCUT2D eigenvalue weighted by Crippen LogP contribution is -2.19. The molecular weight excluding hydrogens is 241 g/mol. The Balaban J connectivity index is 2.40. The summed E-state index contributed by atoms with van der Waals surface area (Å²) < 4.78 is 12.1. The van der Waals surface area contributed by atoms with E-state index in [1.165, 1.54) is 6.07 Å². The van der Waals surface area contributed by atoms with Crippen LogP contribution in [-0.4, -0.2) is 24.0 Å². The number of nitrogens with zero attached hydrogens (tertiary/aromatic N) is 1. The molecule has 1 aromatic rings. The average Bonchev–Trinajstić information content (AvgIpc) is 2.35. The Bertz CT molecular complexity index is 505. The summed E-state index contributed by atoms with van der Waals surface area (Å²) in [6, 6.07) is 2.91. The van der Waals surface area contributed by atoms with Gasteiger partial charge in [0.05, 0.1) is 10.6 Å². The normalized spacial score (nSPS) is 13.7. The minimum atomic E-state index is -0.606. The van der Waals surface area contributed by atoms with Crippen LogP contribution in [0, 0.1) is 10.1 Å². The van der Waals surface area contributed by atoms with Gasteiger partial charge in [0.25, 0.3) is 5.69 Å². The van der Waals surface area contributed by atoms with Crippen LogP contribution in [0.15, 0.2) is 12.1 Å². The molecule has 96 valence electrons. The highest BCUT2D eigenvalue weighted by molar-refractivity contribution is 5.95. The molecule has 0 spiro atoms. The van der Waals surface area contributed by atoms with Crippen LogP contribution in [0.1, 0.15) is 12.0 Å². The number of benzene rings is 1. The van der Waals surface area contributed by atoms with Crippen LogP contribution in [-0.2, 0) is 11.2 Å². The molecule has 1 heterocycles. The standard InChI is InChI=1S/C11H12FN3O3/c12-3-4-13-9-5-7-1-2-11(16)14-8(7)6-10(9)15(17)18/h5-6,13H,1-4H2,(H,14,16). The quantitative estimate of drug-likeness (QED) is 0.633. The molecule has 0 aliphatic carbocycles. The number of aryl methyl sites for hydroxylation is 1. The molecule has 1 aromatic carbocycles. The van der Waals surface area contributed by atoms with E-state index < -0.39 is 11.6 Å². The van der Waals surface area contributed by atoms with E-state index in [9.17, 15) is 19.3 Å². The molecule has 0 fully saturated rings. The van der Waals surface area contributed by atoms with Crippen LogP contribution in [0.3, 0.4) is 0 Å². The number of anilines is 2. The number of carbonyl (C=O) groups is 1. The monoisotopic (exact) mass is 253 g/mol. The molecule has 1 aliphatic heterocycles. The number of alkyl halides is 1. The predicted octanol–water partition coefficient (Wildman–Crippen LogP) is 1.86. The molecule has 6 nitrogen and oxygen atoms in total. The highest BCUT2D eigenvalue weighted by Crippen LogP contribution is 2.33. The third kappa shape index (κ3) is 2.39. The Hall–Kier alpha value is -2.18. The van der Waals surface area contributed by atoms with Gasteiger partial charge in [0, 0.05) is 19.0 Å². The Morgan fingerprint density at radius 1 is 1.44 bits per heavy atom. The van der Waals surface area contributed by atoms with E-state index in [2.05, 4.69) is 10.6 Å². The zero-order chi connectivity index (χ0) is 13.1. The van der Waals surface area contributed by atoms with E-state index in [4.69, 9.17) is 0 Å². The molecular formula is C11H12FN3O3. The maximum Gasteiger partial charge on any atom is 0.294 e. The summed E-state index contributed by atoms with van der Waals surface area (Å²) in [5.41, 5.74) is 1.40. The molecule has 1 aliphatic rings. The largest absolute Gasteiger partial charge is 0.377 e. The fourth-order valence-corrected chi connectivity index (χ4v) is 1.89. The van der Waals surface area contributed by atoms with Crippen LogP contribution in [0.4, 0.5) is 21.5 Å². The number of rotatable bonds is 4. The van der Waals surface area contributed by atoms with Gasteiger partial charge in [-0.25, -0.2) is 4.39 Å². The van der Waals surface area contributed by atoms with Gasteiger partial charge in [0.15, 0.2) is 0 Å². The van der Waals surface area contributed by atoms with Crippen LogP contribution in [0.2, 0.25) is 0 Å². The molecule has 0 bridgehead atoms. The SMILES string of the molecule is O=C1CCc2cc(NCCF)c([N+](=O)[O-])cc2N1. The van der Waals surface area contributed by atoms with Crippen molar-refractivity contribution in [2.45, 2.75) is 12.8 Å². The molecule has 0 unspecified atom stereocenters. The number of fused-ring (bicyclic) bond motifs is 1. The summed E-state index contributed by atoms with van der Waals surface area (Å²) in [4.78, 5) is 21.6. The maximum absolute atomic E-state index is 12.1. The van der Waals surface area contributed by atoms with Crippen molar-refractivity contribution in [3.8, 4) is 0 Å². The van der Waals surface area contributed by atoms with E-state index in [1.54, 1.807) is 6.07 Å². The van der Waals surface area contributed by atoms with Crippen molar-refractivity contribution in [2.75, 3.05) is 23.9 Å². The number of carbonyl (C=O) groups excluding carboxylic acids is 1. The minimum Gasteiger partial charge on any atom is -0.377 e. The van der Waals surface area contributed by atoms with Gasteiger partial charge in [-0.15, -0.1) is 0 Å². The summed E-state index contributed by atoms with van der Waals surface area (Å²) in [6.07, 6.45) is 0.886. The molecule has 0 atom stereocenters. The van der Waals surface area contributed by atoms with E-state index in [-0.39, 0.29) is 23.8 Å². The van der Waals surface area contributed by atoms with Gasteiger partial charge in [-0.1, -0.05) is 0 Å². The van der Waals surface area contributed by atoms with Crippen molar-refractivity contribution >= 4 is 23.0 Å². The zero-order valence-electron chi connectivity index (χ0n) is 9.53. The predicted molar refractivity (Wildman–Crippen MR) is 64.5 cm³/mol. The molecule has 2 N–H and O–H groups in total. The van der Waals surface area contributed by atoms with E-state index in [0.717, 1.165) is 5.56 Å². The Morgan fingerprint density at radius 2 is 2.22 bits per heavy atom. The smallest absolute Gasteiger partial charge is 0.294 e. The lowest BCUT2D eigenvalue weighted by Gasteiger charge is -2.18. The molecule has 1 amide bonds. The van der Waals surface area contributed by atoms with Crippen LogP contribution >= 0.6 is 0 Å². The van der Waals surface area contributed by atoms with Gasteiger partial charge >= 0.3 is 0 Å². The minimum absolute atomic E-state index is 0.0198.